The number of carbonyl (C=O) groups is 1. The number of hydrogen-bond donors (Lipinski definition) is 1. The lowest BCUT2D eigenvalue weighted by molar-refractivity contribution is 0.104. The number of aromatic nitrogens is 1. The van der Waals surface area contributed by atoms with Crippen LogP contribution in [0.1, 0.15) is 10.4 Å². The van der Waals surface area contributed by atoms with E-state index < -0.39 is 0 Å². The number of rotatable bonds is 4. The SMILES string of the molecule is CN(C)/C=C/C(=O)c1cc(Br)c(-c2ccco2)nc1N. The van der Waals surface area contributed by atoms with Crippen LogP contribution in [-0.2, 0) is 0 Å². The molecular formula is C14H14BrN3O2. The number of allylic oxidation sites excluding steroid dienone is 1. The molecule has 0 aliphatic heterocycles. The molecule has 104 valence electrons. The summed E-state index contributed by atoms with van der Waals surface area (Å²) in [4.78, 5) is 18.0. The van der Waals surface area contributed by atoms with Gasteiger partial charge in [-0.3, -0.25) is 4.79 Å². The summed E-state index contributed by atoms with van der Waals surface area (Å²) in [5.41, 5.74) is 6.78. The Bertz CT molecular complexity index is 649. The van der Waals surface area contributed by atoms with Crippen LogP contribution in [0.2, 0.25) is 0 Å². The summed E-state index contributed by atoms with van der Waals surface area (Å²) in [5, 5.41) is 0. The fourth-order valence-corrected chi connectivity index (χ4v) is 2.11. The molecular weight excluding hydrogens is 322 g/mol. The molecule has 6 heteroatoms. The second kappa shape index (κ2) is 5.92. The first-order valence-corrected chi connectivity index (χ1v) is 6.67. The molecule has 0 radical (unpaired) electrons. The van der Waals surface area contributed by atoms with Gasteiger partial charge in [0.25, 0.3) is 0 Å². The quantitative estimate of drug-likeness (QED) is 0.686. The Morgan fingerprint density at radius 3 is 2.85 bits per heavy atom. The van der Waals surface area contributed by atoms with Crippen molar-refractivity contribution < 1.29 is 9.21 Å². The highest BCUT2D eigenvalue weighted by atomic mass is 79.9. The van der Waals surface area contributed by atoms with Crippen LogP contribution in [0.4, 0.5) is 5.82 Å². The highest BCUT2D eigenvalue weighted by molar-refractivity contribution is 9.10. The van der Waals surface area contributed by atoms with Gasteiger partial charge in [0.1, 0.15) is 11.5 Å². The summed E-state index contributed by atoms with van der Waals surface area (Å²) in [6, 6.07) is 5.20. The summed E-state index contributed by atoms with van der Waals surface area (Å²) in [6.45, 7) is 0. The maximum atomic E-state index is 12.0. The van der Waals surface area contributed by atoms with Gasteiger partial charge in [-0.05, 0) is 34.1 Å². The van der Waals surface area contributed by atoms with E-state index in [1.165, 1.54) is 6.08 Å². The number of nitrogen functional groups attached to an aromatic ring is 1. The fourth-order valence-electron chi connectivity index (χ4n) is 1.59. The zero-order valence-corrected chi connectivity index (χ0v) is 12.7. The average molecular weight is 336 g/mol. The molecule has 2 N–H and O–H groups in total. The van der Waals surface area contributed by atoms with Crippen molar-refractivity contribution in [2.75, 3.05) is 19.8 Å². The number of nitrogens with two attached hydrogens (primary N) is 1. The molecule has 0 atom stereocenters. The van der Waals surface area contributed by atoms with Gasteiger partial charge in [0.2, 0.25) is 0 Å². The third-order valence-corrected chi connectivity index (χ3v) is 3.15. The fraction of sp³-hybridized carbons (Fsp3) is 0.143. The van der Waals surface area contributed by atoms with Gasteiger partial charge < -0.3 is 15.1 Å². The van der Waals surface area contributed by atoms with Crippen molar-refractivity contribution in [3.63, 3.8) is 0 Å². The van der Waals surface area contributed by atoms with Crippen molar-refractivity contribution >= 4 is 27.5 Å². The Kier molecular flexibility index (Phi) is 4.24. The minimum absolute atomic E-state index is 0.174. The van der Waals surface area contributed by atoms with E-state index in [1.54, 1.807) is 35.6 Å². The Labute approximate surface area is 125 Å². The first-order valence-electron chi connectivity index (χ1n) is 5.88. The molecule has 0 fully saturated rings. The predicted molar refractivity (Wildman–Crippen MR) is 81.2 cm³/mol. The zero-order valence-electron chi connectivity index (χ0n) is 11.1. The van der Waals surface area contributed by atoms with Crippen molar-refractivity contribution in [2.24, 2.45) is 0 Å². The molecule has 20 heavy (non-hydrogen) atoms. The van der Waals surface area contributed by atoms with Crippen molar-refractivity contribution in [1.82, 2.24) is 9.88 Å². The van der Waals surface area contributed by atoms with Crippen LogP contribution in [0.15, 0.2) is 45.6 Å². The number of hydrogen-bond acceptors (Lipinski definition) is 5. The van der Waals surface area contributed by atoms with E-state index in [9.17, 15) is 4.79 Å². The molecule has 2 rings (SSSR count). The van der Waals surface area contributed by atoms with Crippen molar-refractivity contribution in [3.05, 3.63) is 46.8 Å². The van der Waals surface area contributed by atoms with Gasteiger partial charge in [-0.15, -0.1) is 0 Å². The summed E-state index contributed by atoms with van der Waals surface area (Å²) >= 11 is 3.39. The molecule has 0 saturated heterocycles. The van der Waals surface area contributed by atoms with Crippen molar-refractivity contribution in [1.29, 1.82) is 0 Å². The standard InChI is InChI=1S/C14H14BrN3O2/c1-18(2)6-5-11(19)9-8-10(15)13(17-14(9)16)12-4-3-7-20-12/h3-8H,1-2H3,(H2,16,17)/b6-5+. The third kappa shape index (κ3) is 3.08. The number of halogens is 1. The van der Waals surface area contributed by atoms with Crippen LogP contribution >= 0.6 is 15.9 Å². The molecule has 0 aliphatic carbocycles. The highest BCUT2D eigenvalue weighted by Gasteiger charge is 2.15. The van der Waals surface area contributed by atoms with Crippen LogP contribution in [-0.4, -0.2) is 29.8 Å². The first-order chi connectivity index (χ1) is 9.49. The van der Waals surface area contributed by atoms with E-state index in [4.69, 9.17) is 10.2 Å². The number of pyridine rings is 1. The highest BCUT2D eigenvalue weighted by Crippen LogP contribution is 2.29. The molecule has 0 saturated carbocycles. The largest absolute Gasteiger partial charge is 0.463 e. The van der Waals surface area contributed by atoms with Crippen LogP contribution in [0.25, 0.3) is 11.5 Å². The Morgan fingerprint density at radius 2 is 2.25 bits per heavy atom. The Morgan fingerprint density at radius 1 is 1.50 bits per heavy atom. The van der Waals surface area contributed by atoms with Gasteiger partial charge in [-0.2, -0.15) is 0 Å². The zero-order chi connectivity index (χ0) is 14.7. The smallest absolute Gasteiger partial charge is 0.191 e. The molecule has 0 aromatic carbocycles. The van der Waals surface area contributed by atoms with E-state index in [-0.39, 0.29) is 11.6 Å². The summed E-state index contributed by atoms with van der Waals surface area (Å²) in [7, 11) is 3.67. The van der Waals surface area contributed by atoms with Crippen molar-refractivity contribution in [3.8, 4) is 11.5 Å². The summed E-state index contributed by atoms with van der Waals surface area (Å²) < 4.78 is 5.94. The van der Waals surface area contributed by atoms with Gasteiger partial charge in [0.15, 0.2) is 11.5 Å². The Hall–Kier alpha value is -2.08. The van der Waals surface area contributed by atoms with Crippen LogP contribution in [0.3, 0.4) is 0 Å². The maximum absolute atomic E-state index is 12.0. The second-order valence-corrected chi connectivity index (χ2v) is 5.23. The lowest BCUT2D eigenvalue weighted by Gasteiger charge is -2.07. The maximum Gasteiger partial charge on any atom is 0.191 e. The lowest BCUT2D eigenvalue weighted by atomic mass is 10.1. The molecule has 0 aliphatic rings. The molecule has 2 aromatic heterocycles. The molecule has 2 heterocycles. The van der Waals surface area contributed by atoms with E-state index in [0.717, 1.165) is 0 Å². The topological polar surface area (TPSA) is 72.4 Å². The number of anilines is 1. The monoisotopic (exact) mass is 335 g/mol. The second-order valence-electron chi connectivity index (χ2n) is 4.37. The average Bonchev–Trinajstić information content (AvgIpc) is 2.92. The Balaban J connectivity index is 2.38. The third-order valence-electron chi connectivity index (χ3n) is 2.55. The number of carbonyl (C=O) groups excluding carboxylic acids is 1. The molecule has 0 amide bonds. The molecule has 0 unspecified atom stereocenters. The minimum Gasteiger partial charge on any atom is -0.463 e. The van der Waals surface area contributed by atoms with E-state index in [2.05, 4.69) is 20.9 Å². The number of nitrogens with zero attached hydrogens (tertiary/aromatic N) is 2. The van der Waals surface area contributed by atoms with Gasteiger partial charge in [0.05, 0.1) is 11.8 Å². The number of furan rings is 1. The molecule has 2 aromatic rings. The lowest BCUT2D eigenvalue weighted by Crippen LogP contribution is -2.07. The summed E-state index contributed by atoms with van der Waals surface area (Å²) in [5.74, 6) is 0.565. The van der Waals surface area contributed by atoms with E-state index in [1.807, 2.05) is 14.1 Å². The molecule has 5 nitrogen and oxygen atoms in total. The number of ketones is 1. The minimum atomic E-state index is -0.199. The predicted octanol–water partition coefficient (Wildman–Crippen LogP) is 2.94. The summed E-state index contributed by atoms with van der Waals surface area (Å²) in [6.07, 6.45) is 4.67. The van der Waals surface area contributed by atoms with E-state index in [0.29, 0.717) is 21.5 Å². The van der Waals surface area contributed by atoms with Crippen LogP contribution < -0.4 is 5.73 Å². The van der Waals surface area contributed by atoms with Crippen LogP contribution in [0.5, 0.6) is 0 Å². The molecule has 0 bridgehead atoms. The van der Waals surface area contributed by atoms with Crippen molar-refractivity contribution in [2.45, 2.75) is 0 Å². The normalized spacial score (nSPS) is 10.9. The van der Waals surface area contributed by atoms with Gasteiger partial charge in [-0.1, -0.05) is 0 Å². The first kappa shape index (κ1) is 14.3. The van der Waals surface area contributed by atoms with E-state index >= 15 is 0 Å². The van der Waals surface area contributed by atoms with Gasteiger partial charge >= 0.3 is 0 Å². The van der Waals surface area contributed by atoms with Gasteiger partial charge in [0, 0.05) is 30.8 Å². The van der Waals surface area contributed by atoms with Gasteiger partial charge in [-0.25, -0.2) is 4.98 Å². The van der Waals surface area contributed by atoms with Crippen LogP contribution in [0, 0.1) is 0 Å². The molecule has 0 spiro atoms.